The second-order valence-electron chi connectivity index (χ2n) is 8.82. The highest BCUT2D eigenvalue weighted by Gasteiger charge is 2.17. The smallest absolute Gasteiger partial charge is 0.226 e. The van der Waals surface area contributed by atoms with Crippen LogP contribution in [0, 0.1) is 5.92 Å². The van der Waals surface area contributed by atoms with Gasteiger partial charge in [0.25, 0.3) is 0 Å². The number of aromatic amines is 2. The van der Waals surface area contributed by atoms with Crippen molar-refractivity contribution < 1.29 is 4.79 Å². The molecule has 0 radical (unpaired) electrons. The van der Waals surface area contributed by atoms with Gasteiger partial charge in [-0.15, -0.1) is 0 Å². The molecule has 0 atom stereocenters. The minimum absolute atomic E-state index is 0.0499. The van der Waals surface area contributed by atoms with Gasteiger partial charge < -0.3 is 10.3 Å². The molecule has 0 unspecified atom stereocenters. The topological polar surface area (TPSA) is 125 Å². The molecule has 0 spiro atoms. The number of hydrogen-bond donors (Lipinski definition) is 3. The monoisotopic (exact) mass is 474 g/mol. The Morgan fingerprint density at radius 1 is 0.917 bits per heavy atom. The molecule has 36 heavy (non-hydrogen) atoms. The first-order valence-corrected chi connectivity index (χ1v) is 11.6. The van der Waals surface area contributed by atoms with E-state index in [-0.39, 0.29) is 11.8 Å². The van der Waals surface area contributed by atoms with Crippen molar-refractivity contribution in [1.82, 2.24) is 35.1 Å². The van der Waals surface area contributed by atoms with E-state index in [1.807, 2.05) is 56.3 Å². The van der Waals surface area contributed by atoms with Gasteiger partial charge in [-0.05, 0) is 47.5 Å². The van der Waals surface area contributed by atoms with E-state index in [1.54, 1.807) is 31.0 Å². The number of nitrogens with zero attached hydrogens (tertiary/aromatic N) is 5. The van der Waals surface area contributed by atoms with Crippen molar-refractivity contribution in [2.24, 2.45) is 5.92 Å². The van der Waals surface area contributed by atoms with Crippen LogP contribution in [0.2, 0.25) is 0 Å². The SMILES string of the molecule is CC(C)C(=O)Nc1cncc(-c2ccc3[nH]nc(-c4nc5c(-c6ccncc6)ccnc5[nH]4)c3c2)c1. The Bertz CT molecular complexity index is 1720. The van der Waals surface area contributed by atoms with Crippen LogP contribution in [0.4, 0.5) is 5.69 Å². The Morgan fingerprint density at radius 2 is 1.78 bits per heavy atom. The Hall–Kier alpha value is -4.92. The number of rotatable bonds is 5. The maximum Gasteiger partial charge on any atom is 0.226 e. The number of amides is 1. The molecule has 9 heteroatoms. The number of nitrogens with one attached hydrogen (secondary N) is 3. The summed E-state index contributed by atoms with van der Waals surface area (Å²) < 4.78 is 0. The number of carbonyl (C=O) groups is 1. The van der Waals surface area contributed by atoms with Crippen LogP contribution in [0.15, 0.2) is 73.4 Å². The van der Waals surface area contributed by atoms with E-state index >= 15 is 0 Å². The number of carbonyl (C=O) groups excluding carboxylic acids is 1. The fourth-order valence-corrected chi connectivity index (χ4v) is 4.11. The molecule has 0 aliphatic rings. The third-order valence-electron chi connectivity index (χ3n) is 6.03. The lowest BCUT2D eigenvalue weighted by molar-refractivity contribution is -0.118. The molecular weight excluding hydrogens is 452 g/mol. The molecule has 0 bridgehead atoms. The summed E-state index contributed by atoms with van der Waals surface area (Å²) >= 11 is 0. The Morgan fingerprint density at radius 3 is 2.61 bits per heavy atom. The molecule has 1 amide bonds. The number of benzene rings is 1. The van der Waals surface area contributed by atoms with Crippen molar-refractivity contribution in [3.8, 4) is 33.8 Å². The number of aromatic nitrogens is 7. The van der Waals surface area contributed by atoms with Crippen molar-refractivity contribution in [3.63, 3.8) is 0 Å². The number of anilines is 1. The minimum Gasteiger partial charge on any atom is -0.324 e. The van der Waals surface area contributed by atoms with E-state index in [0.717, 1.165) is 38.7 Å². The summed E-state index contributed by atoms with van der Waals surface area (Å²) in [5.74, 6) is 0.459. The first-order chi connectivity index (χ1) is 17.6. The van der Waals surface area contributed by atoms with E-state index in [1.165, 1.54) is 0 Å². The zero-order chi connectivity index (χ0) is 24.6. The quantitative estimate of drug-likeness (QED) is 0.315. The number of pyridine rings is 3. The van der Waals surface area contributed by atoms with Crippen molar-refractivity contribution in [2.45, 2.75) is 13.8 Å². The molecule has 6 aromatic rings. The van der Waals surface area contributed by atoms with Crippen molar-refractivity contribution in [3.05, 3.63) is 73.4 Å². The summed E-state index contributed by atoms with van der Waals surface area (Å²) in [6.07, 6.45) is 8.70. The first-order valence-electron chi connectivity index (χ1n) is 11.6. The summed E-state index contributed by atoms with van der Waals surface area (Å²) in [5, 5.41) is 11.5. The van der Waals surface area contributed by atoms with Gasteiger partial charge in [0.1, 0.15) is 11.2 Å². The van der Waals surface area contributed by atoms with Gasteiger partial charge in [0.15, 0.2) is 11.5 Å². The van der Waals surface area contributed by atoms with Gasteiger partial charge in [-0.25, -0.2) is 9.97 Å². The number of H-pyrrole nitrogens is 2. The van der Waals surface area contributed by atoms with Crippen molar-refractivity contribution in [1.29, 1.82) is 0 Å². The van der Waals surface area contributed by atoms with Crippen LogP contribution >= 0.6 is 0 Å². The van der Waals surface area contributed by atoms with E-state index < -0.39 is 0 Å². The van der Waals surface area contributed by atoms with Crippen LogP contribution in [-0.4, -0.2) is 41.0 Å². The largest absolute Gasteiger partial charge is 0.324 e. The van der Waals surface area contributed by atoms with Crippen LogP contribution in [0.1, 0.15) is 13.8 Å². The normalized spacial score (nSPS) is 11.4. The van der Waals surface area contributed by atoms with Crippen LogP contribution in [0.5, 0.6) is 0 Å². The average Bonchev–Trinajstić information content (AvgIpc) is 3.53. The highest BCUT2D eigenvalue weighted by atomic mass is 16.1. The van der Waals surface area contributed by atoms with Crippen LogP contribution in [0.3, 0.4) is 0 Å². The molecule has 9 nitrogen and oxygen atoms in total. The van der Waals surface area contributed by atoms with Gasteiger partial charge in [-0.1, -0.05) is 19.9 Å². The van der Waals surface area contributed by atoms with Gasteiger partial charge in [0.05, 0.1) is 17.4 Å². The molecule has 5 aromatic heterocycles. The first kappa shape index (κ1) is 21.6. The van der Waals surface area contributed by atoms with Gasteiger partial charge in [0.2, 0.25) is 5.91 Å². The highest BCUT2D eigenvalue weighted by Crippen LogP contribution is 2.32. The predicted molar refractivity (Wildman–Crippen MR) is 139 cm³/mol. The molecule has 5 heterocycles. The zero-order valence-electron chi connectivity index (χ0n) is 19.6. The fourth-order valence-electron chi connectivity index (χ4n) is 4.11. The standard InChI is InChI=1S/C27H22N8O/c1-15(2)27(36)31-19-11-18(13-29-14-19)17-3-4-22-21(12-17)24(35-34-22)26-32-23-20(7-10-30-25(23)33-26)16-5-8-28-9-6-16/h3-15H,1-2H3,(H,31,36)(H,34,35)(H,30,32,33). The summed E-state index contributed by atoms with van der Waals surface area (Å²) in [7, 11) is 0. The maximum absolute atomic E-state index is 12.1. The maximum atomic E-state index is 12.1. The Labute approximate surface area is 206 Å². The number of imidazole rings is 1. The van der Waals surface area contributed by atoms with Gasteiger partial charge in [-0.2, -0.15) is 5.10 Å². The lowest BCUT2D eigenvalue weighted by Gasteiger charge is -2.09. The van der Waals surface area contributed by atoms with Crippen LogP contribution in [-0.2, 0) is 4.79 Å². The lowest BCUT2D eigenvalue weighted by atomic mass is 10.0. The summed E-state index contributed by atoms with van der Waals surface area (Å²) in [6, 6.07) is 13.8. The minimum atomic E-state index is -0.115. The third-order valence-corrected chi connectivity index (χ3v) is 6.03. The molecule has 176 valence electrons. The summed E-state index contributed by atoms with van der Waals surface area (Å²) in [6.45, 7) is 3.71. The lowest BCUT2D eigenvalue weighted by Crippen LogP contribution is -2.17. The molecule has 0 fully saturated rings. The second-order valence-corrected chi connectivity index (χ2v) is 8.82. The average molecular weight is 475 g/mol. The van der Waals surface area contributed by atoms with Crippen LogP contribution in [0.25, 0.3) is 55.8 Å². The fraction of sp³-hybridized carbons (Fsp3) is 0.111. The molecule has 0 saturated carbocycles. The molecule has 0 saturated heterocycles. The Balaban J connectivity index is 1.41. The van der Waals surface area contributed by atoms with Crippen molar-refractivity contribution >= 4 is 33.7 Å². The van der Waals surface area contributed by atoms with E-state index in [2.05, 4.69) is 35.5 Å². The van der Waals surface area contributed by atoms with Gasteiger partial charge >= 0.3 is 0 Å². The number of fused-ring (bicyclic) bond motifs is 2. The zero-order valence-corrected chi connectivity index (χ0v) is 19.6. The third kappa shape index (κ3) is 3.86. The van der Waals surface area contributed by atoms with Crippen molar-refractivity contribution in [2.75, 3.05) is 5.32 Å². The van der Waals surface area contributed by atoms with E-state index in [4.69, 9.17) is 4.98 Å². The highest BCUT2D eigenvalue weighted by molar-refractivity contribution is 5.98. The van der Waals surface area contributed by atoms with Gasteiger partial charge in [-0.3, -0.25) is 19.9 Å². The van der Waals surface area contributed by atoms with Gasteiger partial charge in [0, 0.05) is 47.2 Å². The summed E-state index contributed by atoms with van der Waals surface area (Å²) in [5.41, 5.74) is 7.51. The molecule has 6 rings (SSSR count). The summed E-state index contributed by atoms with van der Waals surface area (Å²) in [4.78, 5) is 33.2. The number of hydrogen-bond acceptors (Lipinski definition) is 6. The second kappa shape index (κ2) is 8.70. The molecule has 0 aliphatic carbocycles. The predicted octanol–water partition coefficient (Wildman–Crippen LogP) is 5.22. The Kier molecular flexibility index (Phi) is 5.22. The molecule has 3 N–H and O–H groups in total. The van der Waals surface area contributed by atoms with Crippen LogP contribution < -0.4 is 5.32 Å². The van der Waals surface area contributed by atoms with E-state index in [9.17, 15) is 4.79 Å². The molecular formula is C27H22N8O. The molecule has 1 aromatic carbocycles. The molecule has 0 aliphatic heterocycles. The van der Waals surface area contributed by atoms with E-state index in [0.29, 0.717) is 22.9 Å².